The quantitative estimate of drug-likeness (QED) is 0.405. The van der Waals surface area contributed by atoms with Gasteiger partial charge in [-0.15, -0.1) is 0 Å². The zero-order valence-corrected chi connectivity index (χ0v) is 17.9. The summed E-state index contributed by atoms with van der Waals surface area (Å²) in [6, 6.07) is 8.01. The normalized spacial score (nSPS) is 26.0. The fraction of sp³-hybridized carbons (Fsp3) is 0.348. The average Bonchev–Trinajstić information content (AvgIpc) is 3.32. The van der Waals surface area contributed by atoms with Gasteiger partial charge in [-0.05, 0) is 6.07 Å². The molecule has 0 radical (unpaired) electrons. The van der Waals surface area contributed by atoms with E-state index in [2.05, 4.69) is 0 Å². The molecular formula is C23H22O11. The standard InChI is InChI=1S/C23H22O11/c1-29-22-16-13(6-14-21(22)32-9-31-14)30-8-11(17(16)25)10-4-2-3-5-12(10)33-23-20(28)19(27)18(26)15(7-24)34-23/h2-6,8,15,18-20,23-24,26-28H,7,9H2,1H3. The van der Waals surface area contributed by atoms with Crippen molar-refractivity contribution in [3.8, 4) is 34.1 Å². The highest BCUT2D eigenvalue weighted by molar-refractivity contribution is 5.92. The van der Waals surface area contributed by atoms with Crippen LogP contribution in [-0.2, 0) is 4.74 Å². The van der Waals surface area contributed by atoms with Crippen molar-refractivity contribution in [3.63, 3.8) is 0 Å². The van der Waals surface area contributed by atoms with Gasteiger partial charge in [0.15, 0.2) is 11.5 Å². The van der Waals surface area contributed by atoms with Gasteiger partial charge >= 0.3 is 0 Å². The van der Waals surface area contributed by atoms with E-state index in [0.717, 1.165) is 0 Å². The van der Waals surface area contributed by atoms with Gasteiger partial charge in [0, 0.05) is 11.6 Å². The van der Waals surface area contributed by atoms with Crippen LogP contribution in [0, 0.1) is 0 Å². The van der Waals surface area contributed by atoms with E-state index < -0.39 is 42.7 Å². The lowest BCUT2D eigenvalue weighted by Gasteiger charge is -2.39. The number of hydrogen-bond acceptors (Lipinski definition) is 11. The van der Waals surface area contributed by atoms with Crippen molar-refractivity contribution >= 4 is 11.0 Å². The Morgan fingerprint density at radius 1 is 1.06 bits per heavy atom. The predicted octanol–water partition coefficient (Wildman–Crippen LogP) is 0.376. The van der Waals surface area contributed by atoms with Crippen LogP contribution in [-0.4, -0.2) is 71.6 Å². The minimum atomic E-state index is -1.61. The summed E-state index contributed by atoms with van der Waals surface area (Å²) in [7, 11) is 1.40. The summed E-state index contributed by atoms with van der Waals surface area (Å²) in [6.45, 7) is -0.616. The third-order valence-corrected chi connectivity index (χ3v) is 5.83. The number of ether oxygens (including phenoxy) is 5. The van der Waals surface area contributed by atoms with Crippen molar-refractivity contribution in [2.24, 2.45) is 0 Å². The topological polar surface area (TPSA) is 157 Å². The van der Waals surface area contributed by atoms with E-state index >= 15 is 0 Å². The van der Waals surface area contributed by atoms with Crippen LogP contribution in [0.2, 0.25) is 0 Å². The van der Waals surface area contributed by atoms with Crippen LogP contribution in [0.1, 0.15) is 0 Å². The summed E-state index contributed by atoms with van der Waals surface area (Å²) in [5.41, 5.74) is 0.253. The van der Waals surface area contributed by atoms with Crippen molar-refractivity contribution < 1.29 is 48.5 Å². The SMILES string of the molecule is COc1c2c(cc3occ(-c4ccccc4OC4OC(CO)C(O)C(O)C4O)c(=O)c13)OCO2. The molecule has 4 N–H and O–H groups in total. The number of rotatable bonds is 5. The van der Waals surface area contributed by atoms with Gasteiger partial charge in [-0.2, -0.15) is 0 Å². The maximum absolute atomic E-state index is 13.5. The minimum Gasteiger partial charge on any atom is -0.492 e. The molecule has 180 valence electrons. The molecule has 3 aromatic rings. The highest BCUT2D eigenvalue weighted by Gasteiger charge is 2.45. The monoisotopic (exact) mass is 474 g/mol. The van der Waals surface area contributed by atoms with Gasteiger partial charge in [0.2, 0.25) is 24.3 Å². The Kier molecular flexibility index (Phi) is 5.80. The molecule has 5 rings (SSSR count). The molecule has 2 aliphatic heterocycles. The van der Waals surface area contributed by atoms with Crippen LogP contribution < -0.4 is 24.4 Å². The van der Waals surface area contributed by atoms with E-state index in [0.29, 0.717) is 17.1 Å². The van der Waals surface area contributed by atoms with Gasteiger partial charge in [-0.25, -0.2) is 0 Å². The molecule has 1 fully saturated rings. The molecule has 0 spiro atoms. The van der Waals surface area contributed by atoms with Gasteiger partial charge in [-0.3, -0.25) is 4.79 Å². The van der Waals surface area contributed by atoms with Crippen molar-refractivity contribution in [1.82, 2.24) is 0 Å². The van der Waals surface area contributed by atoms with E-state index in [9.17, 15) is 25.2 Å². The molecular weight excluding hydrogens is 452 g/mol. The summed E-state index contributed by atoms with van der Waals surface area (Å²) in [6.07, 6.45) is -6.05. The smallest absolute Gasteiger partial charge is 0.231 e. The van der Waals surface area contributed by atoms with Crippen molar-refractivity contribution in [3.05, 3.63) is 46.8 Å². The lowest BCUT2D eigenvalue weighted by atomic mass is 9.99. The maximum atomic E-state index is 13.5. The number of para-hydroxylation sites is 1. The molecule has 0 amide bonds. The molecule has 5 unspecified atom stereocenters. The maximum Gasteiger partial charge on any atom is 0.231 e. The molecule has 0 saturated carbocycles. The van der Waals surface area contributed by atoms with E-state index in [-0.39, 0.29) is 34.8 Å². The predicted molar refractivity (Wildman–Crippen MR) is 115 cm³/mol. The molecule has 0 aliphatic carbocycles. The van der Waals surface area contributed by atoms with Crippen LogP contribution in [0.5, 0.6) is 23.0 Å². The molecule has 1 saturated heterocycles. The molecule has 11 heteroatoms. The fourth-order valence-electron chi connectivity index (χ4n) is 4.07. The zero-order chi connectivity index (χ0) is 24.0. The lowest BCUT2D eigenvalue weighted by molar-refractivity contribution is -0.277. The van der Waals surface area contributed by atoms with Gasteiger partial charge in [0.1, 0.15) is 47.4 Å². The second-order valence-electron chi connectivity index (χ2n) is 7.81. The van der Waals surface area contributed by atoms with Crippen molar-refractivity contribution in [2.75, 3.05) is 20.5 Å². The largest absolute Gasteiger partial charge is 0.492 e. The molecule has 34 heavy (non-hydrogen) atoms. The van der Waals surface area contributed by atoms with Crippen LogP contribution in [0.25, 0.3) is 22.1 Å². The number of fused-ring (bicyclic) bond motifs is 2. The first-order valence-electron chi connectivity index (χ1n) is 10.4. The number of aliphatic hydroxyl groups is 4. The Balaban J connectivity index is 1.58. The molecule has 5 atom stereocenters. The van der Waals surface area contributed by atoms with Crippen LogP contribution in [0.3, 0.4) is 0 Å². The average molecular weight is 474 g/mol. The Morgan fingerprint density at radius 2 is 1.85 bits per heavy atom. The first kappa shape index (κ1) is 22.4. The minimum absolute atomic E-state index is 0.0150. The molecule has 1 aromatic heterocycles. The summed E-state index contributed by atoms with van der Waals surface area (Å²) < 4.78 is 33.2. The highest BCUT2D eigenvalue weighted by atomic mass is 16.7. The van der Waals surface area contributed by atoms with Gasteiger partial charge < -0.3 is 48.5 Å². The molecule has 2 aliphatic rings. The lowest BCUT2D eigenvalue weighted by Crippen LogP contribution is -2.60. The Bertz CT molecular complexity index is 1270. The first-order valence-corrected chi connectivity index (χ1v) is 10.4. The van der Waals surface area contributed by atoms with E-state index in [4.69, 9.17) is 28.1 Å². The number of aliphatic hydroxyl groups excluding tert-OH is 4. The van der Waals surface area contributed by atoms with Crippen LogP contribution >= 0.6 is 0 Å². The van der Waals surface area contributed by atoms with E-state index in [1.807, 2.05) is 0 Å². The summed E-state index contributed by atoms with van der Waals surface area (Å²) in [5, 5.41) is 39.9. The fourth-order valence-corrected chi connectivity index (χ4v) is 4.07. The molecule has 2 aromatic carbocycles. The van der Waals surface area contributed by atoms with Gasteiger partial charge in [0.05, 0.1) is 19.3 Å². The second kappa shape index (κ2) is 8.78. The van der Waals surface area contributed by atoms with E-state index in [1.54, 1.807) is 24.3 Å². The Labute approximate surface area is 192 Å². The van der Waals surface area contributed by atoms with Crippen molar-refractivity contribution in [1.29, 1.82) is 0 Å². The zero-order valence-electron chi connectivity index (χ0n) is 17.9. The number of benzene rings is 2. The molecule has 11 nitrogen and oxygen atoms in total. The summed E-state index contributed by atoms with van der Waals surface area (Å²) in [4.78, 5) is 13.5. The third kappa shape index (κ3) is 3.54. The van der Waals surface area contributed by atoms with Gasteiger partial charge in [-0.1, -0.05) is 18.2 Å². The van der Waals surface area contributed by atoms with Crippen LogP contribution in [0.4, 0.5) is 0 Å². The first-order chi connectivity index (χ1) is 16.4. The second-order valence-corrected chi connectivity index (χ2v) is 7.81. The molecule has 3 heterocycles. The Morgan fingerprint density at radius 3 is 2.62 bits per heavy atom. The van der Waals surface area contributed by atoms with Gasteiger partial charge in [0.25, 0.3) is 0 Å². The molecule has 0 bridgehead atoms. The summed E-state index contributed by atoms with van der Waals surface area (Å²) >= 11 is 0. The Hall–Kier alpha value is -3.35. The van der Waals surface area contributed by atoms with Crippen LogP contribution in [0.15, 0.2) is 45.8 Å². The number of hydrogen-bond donors (Lipinski definition) is 4. The third-order valence-electron chi connectivity index (χ3n) is 5.83. The van der Waals surface area contributed by atoms with E-state index in [1.165, 1.54) is 19.4 Å². The number of methoxy groups -OCH3 is 1. The highest BCUT2D eigenvalue weighted by Crippen LogP contribution is 2.45. The van der Waals surface area contributed by atoms with Crippen molar-refractivity contribution in [2.45, 2.75) is 30.7 Å². The summed E-state index contributed by atoms with van der Waals surface area (Å²) in [5.74, 6) is 1.00.